The Morgan fingerprint density at radius 1 is 0.783 bits per heavy atom. The summed E-state index contributed by atoms with van der Waals surface area (Å²) in [4.78, 5) is 12.4. The van der Waals surface area contributed by atoms with Crippen molar-refractivity contribution in [3.63, 3.8) is 0 Å². The molecule has 4 heteroatoms. The summed E-state index contributed by atoms with van der Waals surface area (Å²) in [7, 11) is 0. The Hall–Kier alpha value is -3.27. The lowest BCUT2D eigenvalue weighted by Crippen LogP contribution is -2.01. The first-order valence-electron chi connectivity index (χ1n) is 7.04. The van der Waals surface area contributed by atoms with Gasteiger partial charge in [0.1, 0.15) is 11.5 Å². The van der Waals surface area contributed by atoms with Crippen LogP contribution in [0.25, 0.3) is 0 Å². The summed E-state index contributed by atoms with van der Waals surface area (Å²) in [5.74, 6) is -0.235. The van der Waals surface area contributed by atoms with Crippen LogP contribution >= 0.6 is 0 Å². The van der Waals surface area contributed by atoms with Crippen LogP contribution in [-0.4, -0.2) is 16.0 Å². The number of ketones is 1. The Bertz CT molecular complexity index is 827. The van der Waals surface area contributed by atoms with Crippen molar-refractivity contribution in [3.05, 3.63) is 83.9 Å². The second-order valence-electron chi connectivity index (χ2n) is 4.95. The molecular formula is C19H14O4. The number of rotatable bonds is 4. The molecule has 3 rings (SSSR count). The van der Waals surface area contributed by atoms with Crippen molar-refractivity contribution in [2.75, 3.05) is 0 Å². The van der Waals surface area contributed by atoms with Crippen molar-refractivity contribution in [2.45, 2.75) is 0 Å². The van der Waals surface area contributed by atoms with E-state index in [0.717, 1.165) is 0 Å². The molecule has 0 aliphatic rings. The van der Waals surface area contributed by atoms with Gasteiger partial charge in [0.05, 0.1) is 5.56 Å². The molecule has 0 radical (unpaired) electrons. The second-order valence-corrected chi connectivity index (χ2v) is 4.95. The monoisotopic (exact) mass is 306 g/mol. The van der Waals surface area contributed by atoms with Crippen LogP contribution in [0.3, 0.4) is 0 Å². The van der Waals surface area contributed by atoms with E-state index < -0.39 is 0 Å². The standard InChI is InChI=1S/C19H14O4/c20-16-12-18(23-14-9-5-2-6-10-14)17(21)11-15(16)19(22)13-7-3-1-4-8-13/h1-12,20-21H. The number of para-hydroxylation sites is 1. The van der Waals surface area contributed by atoms with Crippen LogP contribution in [0.4, 0.5) is 0 Å². The number of ether oxygens (including phenoxy) is 1. The molecule has 0 bridgehead atoms. The first kappa shape index (κ1) is 14.7. The van der Waals surface area contributed by atoms with Gasteiger partial charge in [-0.2, -0.15) is 0 Å². The number of phenols is 2. The van der Waals surface area contributed by atoms with Crippen molar-refractivity contribution >= 4 is 5.78 Å². The van der Waals surface area contributed by atoms with Gasteiger partial charge >= 0.3 is 0 Å². The van der Waals surface area contributed by atoms with Crippen LogP contribution in [0.2, 0.25) is 0 Å². The van der Waals surface area contributed by atoms with Gasteiger partial charge in [-0.3, -0.25) is 4.79 Å². The molecule has 23 heavy (non-hydrogen) atoms. The van der Waals surface area contributed by atoms with E-state index in [4.69, 9.17) is 4.74 Å². The molecule has 0 fully saturated rings. The maximum atomic E-state index is 12.4. The molecule has 0 unspecified atom stereocenters. The summed E-state index contributed by atoms with van der Waals surface area (Å²) < 4.78 is 5.51. The first-order chi connectivity index (χ1) is 11.1. The third-order valence-electron chi connectivity index (χ3n) is 3.33. The molecule has 3 aromatic rings. The molecule has 0 spiro atoms. The van der Waals surface area contributed by atoms with E-state index in [2.05, 4.69) is 0 Å². The minimum Gasteiger partial charge on any atom is -0.507 e. The van der Waals surface area contributed by atoms with E-state index in [1.165, 1.54) is 12.1 Å². The van der Waals surface area contributed by atoms with Crippen LogP contribution < -0.4 is 4.74 Å². The summed E-state index contributed by atoms with van der Waals surface area (Å²) in [6.45, 7) is 0. The first-order valence-corrected chi connectivity index (χ1v) is 7.04. The molecule has 2 N–H and O–H groups in total. The van der Waals surface area contributed by atoms with Gasteiger partial charge < -0.3 is 14.9 Å². The zero-order valence-electron chi connectivity index (χ0n) is 12.1. The molecule has 0 aliphatic carbocycles. The van der Waals surface area contributed by atoms with Crippen LogP contribution in [0.1, 0.15) is 15.9 Å². The van der Waals surface area contributed by atoms with Crippen LogP contribution in [-0.2, 0) is 0 Å². The van der Waals surface area contributed by atoms with E-state index >= 15 is 0 Å². The normalized spacial score (nSPS) is 10.3. The summed E-state index contributed by atoms with van der Waals surface area (Å²) in [6, 6.07) is 19.9. The van der Waals surface area contributed by atoms with Gasteiger partial charge in [0, 0.05) is 11.6 Å². The molecule has 3 aromatic carbocycles. The maximum absolute atomic E-state index is 12.4. The largest absolute Gasteiger partial charge is 0.507 e. The summed E-state index contributed by atoms with van der Waals surface area (Å²) in [5, 5.41) is 20.2. The number of benzene rings is 3. The topological polar surface area (TPSA) is 66.8 Å². The zero-order chi connectivity index (χ0) is 16.2. The molecule has 0 aromatic heterocycles. The fourth-order valence-corrected chi connectivity index (χ4v) is 2.18. The molecule has 114 valence electrons. The van der Waals surface area contributed by atoms with Crippen LogP contribution in [0.5, 0.6) is 23.0 Å². The summed E-state index contributed by atoms with van der Waals surface area (Å²) >= 11 is 0. The summed E-state index contributed by atoms with van der Waals surface area (Å²) in [6.07, 6.45) is 0. The molecule has 4 nitrogen and oxygen atoms in total. The van der Waals surface area contributed by atoms with E-state index in [1.807, 2.05) is 6.07 Å². The predicted octanol–water partition coefficient (Wildman–Crippen LogP) is 4.12. The lowest BCUT2D eigenvalue weighted by Gasteiger charge is -2.11. The van der Waals surface area contributed by atoms with E-state index in [-0.39, 0.29) is 28.6 Å². The van der Waals surface area contributed by atoms with Gasteiger partial charge in [-0.15, -0.1) is 0 Å². The second kappa shape index (κ2) is 6.23. The maximum Gasteiger partial charge on any atom is 0.196 e. The molecule has 0 amide bonds. The van der Waals surface area contributed by atoms with Gasteiger partial charge in [0.25, 0.3) is 0 Å². The molecule has 0 saturated heterocycles. The Labute approximate surface area is 133 Å². The van der Waals surface area contributed by atoms with Crippen molar-refractivity contribution in [2.24, 2.45) is 0 Å². The fourth-order valence-electron chi connectivity index (χ4n) is 2.18. The summed E-state index contributed by atoms with van der Waals surface area (Å²) in [5.41, 5.74) is 0.452. The van der Waals surface area contributed by atoms with Crippen molar-refractivity contribution in [1.82, 2.24) is 0 Å². The van der Waals surface area contributed by atoms with Gasteiger partial charge in [-0.1, -0.05) is 48.5 Å². The fraction of sp³-hybridized carbons (Fsp3) is 0. The Balaban J connectivity index is 1.93. The number of hydrogen-bond donors (Lipinski definition) is 2. The molecule has 0 atom stereocenters. The highest BCUT2D eigenvalue weighted by Gasteiger charge is 2.17. The molecular weight excluding hydrogens is 292 g/mol. The minimum atomic E-state index is -0.371. The van der Waals surface area contributed by atoms with E-state index in [9.17, 15) is 15.0 Å². The van der Waals surface area contributed by atoms with Crippen LogP contribution in [0.15, 0.2) is 72.8 Å². The highest BCUT2D eigenvalue weighted by Crippen LogP contribution is 2.37. The highest BCUT2D eigenvalue weighted by molar-refractivity contribution is 6.11. The zero-order valence-corrected chi connectivity index (χ0v) is 12.1. The van der Waals surface area contributed by atoms with Gasteiger partial charge in [-0.05, 0) is 18.2 Å². The third-order valence-corrected chi connectivity index (χ3v) is 3.33. The number of aromatic hydroxyl groups is 2. The van der Waals surface area contributed by atoms with Crippen molar-refractivity contribution in [1.29, 1.82) is 0 Å². The number of carbonyl (C=O) groups excluding carboxylic acids is 1. The Morgan fingerprint density at radius 3 is 2.04 bits per heavy atom. The quantitative estimate of drug-likeness (QED) is 0.562. The number of carbonyl (C=O) groups is 1. The predicted molar refractivity (Wildman–Crippen MR) is 86.2 cm³/mol. The Morgan fingerprint density at radius 2 is 1.39 bits per heavy atom. The highest BCUT2D eigenvalue weighted by atomic mass is 16.5. The van der Waals surface area contributed by atoms with E-state index in [0.29, 0.717) is 11.3 Å². The number of hydrogen-bond acceptors (Lipinski definition) is 4. The van der Waals surface area contributed by atoms with Gasteiger partial charge in [-0.25, -0.2) is 0 Å². The molecule has 0 saturated carbocycles. The lowest BCUT2D eigenvalue weighted by molar-refractivity contribution is 0.103. The SMILES string of the molecule is O=C(c1ccccc1)c1cc(O)c(Oc2ccccc2)cc1O. The smallest absolute Gasteiger partial charge is 0.196 e. The average Bonchev–Trinajstić information content (AvgIpc) is 2.59. The van der Waals surface area contributed by atoms with E-state index in [1.54, 1.807) is 54.6 Å². The van der Waals surface area contributed by atoms with Crippen molar-refractivity contribution < 1.29 is 19.7 Å². The third kappa shape index (κ3) is 3.16. The average molecular weight is 306 g/mol. The Kier molecular flexibility index (Phi) is 3.97. The van der Waals surface area contributed by atoms with Gasteiger partial charge in [0.15, 0.2) is 17.3 Å². The van der Waals surface area contributed by atoms with Gasteiger partial charge in [0.2, 0.25) is 0 Å². The van der Waals surface area contributed by atoms with Crippen LogP contribution in [0, 0.1) is 0 Å². The van der Waals surface area contributed by atoms with Crippen molar-refractivity contribution in [3.8, 4) is 23.0 Å². The lowest BCUT2D eigenvalue weighted by atomic mass is 10.0. The number of phenolic OH excluding ortho intramolecular Hbond substituents is 2. The molecule has 0 heterocycles. The minimum absolute atomic E-state index is 0.0223. The molecule has 0 aliphatic heterocycles.